The lowest BCUT2D eigenvalue weighted by Gasteiger charge is -2.21. The van der Waals surface area contributed by atoms with Crippen molar-refractivity contribution in [1.29, 1.82) is 0 Å². The molecule has 0 spiro atoms. The van der Waals surface area contributed by atoms with E-state index in [2.05, 4.69) is 5.32 Å². The van der Waals surface area contributed by atoms with E-state index in [1.807, 2.05) is 67.6 Å². The molecule has 36 heavy (non-hydrogen) atoms. The fourth-order valence-corrected chi connectivity index (χ4v) is 5.25. The number of hydrogen-bond acceptors (Lipinski definition) is 5. The zero-order chi connectivity index (χ0) is 25.5. The van der Waals surface area contributed by atoms with Crippen molar-refractivity contribution in [2.24, 2.45) is 0 Å². The Bertz CT molecular complexity index is 1400. The van der Waals surface area contributed by atoms with Crippen LogP contribution < -0.4 is 10.1 Å². The van der Waals surface area contributed by atoms with Crippen LogP contribution in [0.5, 0.6) is 5.75 Å². The molecule has 4 aromatic rings. The van der Waals surface area contributed by atoms with Gasteiger partial charge < -0.3 is 10.1 Å². The Morgan fingerprint density at radius 1 is 0.972 bits per heavy atom. The van der Waals surface area contributed by atoms with Gasteiger partial charge in [0.05, 0.1) is 29.9 Å². The van der Waals surface area contributed by atoms with Crippen molar-refractivity contribution in [3.63, 3.8) is 0 Å². The monoisotopic (exact) mass is 504 g/mol. The van der Waals surface area contributed by atoms with E-state index in [0.29, 0.717) is 23.7 Å². The zero-order valence-electron chi connectivity index (χ0n) is 20.2. The Morgan fingerprint density at radius 3 is 2.22 bits per heavy atom. The van der Waals surface area contributed by atoms with Gasteiger partial charge in [-0.05, 0) is 42.8 Å². The fourth-order valence-electron chi connectivity index (χ4n) is 3.76. The van der Waals surface area contributed by atoms with E-state index in [9.17, 15) is 13.2 Å². The number of carbonyl (C=O) groups is 1. The summed E-state index contributed by atoms with van der Waals surface area (Å²) >= 11 is 0. The third-order valence-corrected chi connectivity index (χ3v) is 7.40. The van der Waals surface area contributed by atoms with Gasteiger partial charge in [0.15, 0.2) is 0 Å². The molecule has 0 aliphatic heterocycles. The first kappa shape index (κ1) is 25.2. The first-order chi connectivity index (χ1) is 17.4. The molecule has 0 aliphatic carbocycles. The predicted octanol–water partition coefficient (Wildman–Crippen LogP) is 4.59. The highest BCUT2D eigenvalue weighted by Crippen LogP contribution is 2.25. The van der Waals surface area contributed by atoms with Gasteiger partial charge >= 0.3 is 0 Å². The number of nitrogens with zero attached hydrogens (tertiary/aromatic N) is 3. The van der Waals surface area contributed by atoms with E-state index in [0.717, 1.165) is 11.3 Å². The Balaban J connectivity index is 1.60. The molecule has 3 aromatic carbocycles. The second kappa shape index (κ2) is 11.2. The number of carbonyl (C=O) groups excluding carboxylic acids is 1. The van der Waals surface area contributed by atoms with Crippen molar-refractivity contribution in [1.82, 2.24) is 14.1 Å². The number of hydrogen-bond donors (Lipinski definition) is 1. The lowest BCUT2D eigenvalue weighted by atomic mass is 10.2. The standard InChI is InChI=1S/C27H28N4O4S/c1-3-18-30(36(33,34)24-16-14-23(35-2)15-17-24)20-27(32)28-26-19-25(21-10-6-4-7-11-21)29-31(26)22-12-8-5-9-13-22/h4-17,19H,3,18,20H2,1-2H3,(H,28,32). The van der Waals surface area contributed by atoms with Crippen LogP contribution in [0.4, 0.5) is 5.82 Å². The first-order valence-electron chi connectivity index (χ1n) is 11.6. The second-order valence-electron chi connectivity index (χ2n) is 8.09. The van der Waals surface area contributed by atoms with Gasteiger partial charge in [-0.3, -0.25) is 4.79 Å². The average molecular weight is 505 g/mol. The molecule has 0 unspecified atom stereocenters. The van der Waals surface area contributed by atoms with Crippen LogP contribution >= 0.6 is 0 Å². The Hall–Kier alpha value is -3.95. The number of rotatable bonds is 10. The largest absolute Gasteiger partial charge is 0.497 e. The van der Waals surface area contributed by atoms with Crippen molar-refractivity contribution in [2.45, 2.75) is 18.2 Å². The van der Waals surface area contributed by atoms with E-state index >= 15 is 0 Å². The molecule has 0 saturated heterocycles. The number of benzene rings is 3. The summed E-state index contributed by atoms with van der Waals surface area (Å²) in [6, 6.07) is 27.0. The summed E-state index contributed by atoms with van der Waals surface area (Å²) in [7, 11) is -2.37. The molecule has 1 heterocycles. The van der Waals surface area contributed by atoms with Crippen LogP contribution in [0.25, 0.3) is 16.9 Å². The summed E-state index contributed by atoms with van der Waals surface area (Å²) in [5.41, 5.74) is 2.36. The summed E-state index contributed by atoms with van der Waals surface area (Å²) in [6.45, 7) is 1.74. The fraction of sp³-hybridized carbons (Fsp3) is 0.185. The van der Waals surface area contributed by atoms with Crippen LogP contribution in [0.15, 0.2) is 95.9 Å². The van der Waals surface area contributed by atoms with E-state index in [4.69, 9.17) is 9.84 Å². The lowest BCUT2D eigenvalue weighted by molar-refractivity contribution is -0.116. The summed E-state index contributed by atoms with van der Waals surface area (Å²) in [5.74, 6) is 0.540. The van der Waals surface area contributed by atoms with E-state index < -0.39 is 15.9 Å². The third kappa shape index (κ3) is 5.64. The Labute approximate surface area is 211 Å². The maximum atomic E-state index is 13.3. The maximum Gasteiger partial charge on any atom is 0.243 e. The molecule has 0 saturated carbocycles. The molecule has 0 atom stereocenters. The number of para-hydroxylation sites is 1. The molecule has 0 radical (unpaired) electrons. The van der Waals surface area contributed by atoms with Crippen LogP contribution in [0.3, 0.4) is 0 Å². The molecule has 4 rings (SSSR count). The third-order valence-electron chi connectivity index (χ3n) is 5.54. The number of ether oxygens (including phenoxy) is 1. The van der Waals surface area contributed by atoms with Crippen LogP contribution in [-0.4, -0.2) is 48.6 Å². The highest BCUT2D eigenvalue weighted by atomic mass is 32.2. The van der Waals surface area contributed by atoms with E-state index in [1.165, 1.54) is 23.5 Å². The molecule has 1 aromatic heterocycles. The van der Waals surface area contributed by atoms with Crippen LogP contribution in [0.2, 0.25) is 0 Å². The molecule has 1 amide bonds. The summed E-state index contributed by atoms with van der Waals surface area (Å²) in [4.78, 5) is 13.2. The average Bonchev–Trinajstić information content (AvgIpc) is 3.33. The van der Waals surface area contributed by atoms with Crippen molar-refractivity contribution in [3.8, 4) is 22.7 Å². The number of aromatic nitrogens is 2. The molecule has 186 valence electrons. The van der Waals surface area contributed by atoms with Gasteiger partial charge in [0.25, 0.3) is 0 Å². The number of methoxy groups -OCH3 is 1. The van der Waals surface area contributed by atoms with Crippen molar-refractivity contribution < 1.29 is 17.9 Å². The zero-order valence-corrected chi connectivity index (χ0v) is 21.0. The van der Waals surface area contributed by atoms with Gasteiger partial charge in [0.1, 0.15) is 11.6 Å². The van der Waals surface area contributed by atoms with E-state index in [-0.39, 0.29) is 18.0 Å². The smallest absolute Gasteiger partial charge is 0.243 e. The predicted molar refractivity (Wildman–Crippen MR) is 140 cm³/mol. The van der Waals surface area contributed by atoms with Gasteiger partial charge in [0.2, 0.25) is 15.9 Å². The normalized spacial score (nSPS) is 11.4. The Kier molecular flexibility index (Phi) is 7.82. The van der Waals surface area contributed by atoms with E-state index in [1.54, 1.807) is 22.9 Å². The summed E-state index contributed by atoms with van der Waals surface area (Å²) < 4.78 is 34.5. The molecule has 9 heteroatoms. The second-order valence-corrected chi connectivity index (χ2v) is 10.0. The molecule has 8 nitrogen and oxygen atoms in total. The minimum absolute atomic E-state index is 0.102. The first-order valence-corrected chi connectivity index (χ1v) is 13.0. The van der Waals surface area contributed by atoms with Crippen molar-refractivity contribution in [2.75, 3.05) is 25.5 Å². The van der Waals surface area contributed by atoms with Crippen LogP contribution in [0.1, 0.15) is 13.3 Å². The highest BCUT2D eigenvalue weighted by molar-refractivity contribution is 7.89. The minimum Gasteiger partial charge on any atom is -0.497 e. The van der Waals surface area contributed by atoms with Crippen LogP contribution in [0, 0.1) is 0 Å². The summed E-state index contributed by atoms with van der Waals surface area (Å²) in [6.07, 6.45) is 0.558. The number of sulfonamides is 1. The van der Waals surface area contributed by atoms with Crippen molar-refractivity contribution in [3.05, 3.63) is 91.0 Å². The number of amides is 1. The molecular weight excluding hydrogens is 476 g/mol. The molecule has 0 fully saturated rings. The molecule has 0 bridgehead atoms. The van der Waals surface area contributed by atoms with Gasteiger partial charge in [-0.1, -0.05) is 55.5 Å². The van der Waals surface area contributed by atoms with Crippen LogP contribution in [-0.2, 0) is 14.8 Å². The molecular formula is C27H28N4O4S. The lowest BCUT2D eigenvalue weighted by Crippen LogP contribution is -2.38. The minimum atomic E-state index is -3.88. The van der Waals surface area contributed by atoms with Crippen molar-refractivity contribution >= 4 is 21.7 Å². The van der Waals surface area contributed by atoms with Gasteiger partial charge in [0, 0.05) is 18.2 Å². The van der Waals surface area contributed by atoms with Gasteiger partial charge in [-0.2, -0.15) is 9.40 Å². The number of nitrogens with one attached hydrogen (secondary N) is 1. The Morgan fingerprint density at radius 2 is 1.61 bits per heavy atom. The van der Waals surface area contributed by atoms with Gasteiger partial charge in [-0.15, -0.1) is 0 Å². The number of anilines is 1. The topological polar surface area (TPSA) is 93.5 Å². The highest BCUT2D eigenvalue weighted by Gasteiger charge is 2.26. The van der Waals surface area contributed by atoms with Gasteiger partial charge in [-0.25, -0.2) is 13.1 Å². The SMILES string of the molecule is CCCN(CC(=O)Nc1cc(-c2ccccc2)nn1-c1ccccc1)S(=O)(=O)c1ccc(OC)cc1. The quantitative estimate of drug-likeness (QED) is 0.341. The summed E-state index contributed by atoms with van der Waals surface area (Å²) in [5, 5.41) is 7.56. The maximum absolute atomic E-state index is 13.3. The molecule has 1 N–H and O–H groups in total. The molecule has 0 aliphatic rings.